The van der Waals surface area contributed by atoms with Crippen molar-refractivity contribution in [2.24, 2.45) is 0 Å². The lowest BCUT2D eigenvalue weighted by Gasteiger charge is -2.06. The van der Waals surface area contributed by atoms with E-state index in [4.69, 9.17) is 0 Å². The van der Waals surface area contributed by atoms with Crippen molar-refractivity contribution >= 4 is 6.08 Å². The van der Waals surface area contributed by atoms with Gasteiger partial charge in [0.05, 0.1) is 12.0 Å². The second-order valence-electron chi connectivity index (χ2n) is 3.75. The van der Waals surface area contributed by atoms with Gasteiger partial charge in [0.1, 0.15) is 0 Å². The van der Waals surface area contributed by atoms with Gasteiger partial charge in [0.2, 0.25) is 0 Å². The fraction of sp³-hybridized carbons (Fsp3) is 0.154. The van der Waals surface area contributed by atoms with E-state index in [1.807, 2.05) is 23.2 Å². The third-order valence-corrected chi connectivity index (χ3v) is 2.16. The standard InChI is InChI=1S/C13H14N2/c1-11(2)9-12-5-3-4-6-13(12)15-8-7-14-10-15/h3-10H,1-2H3. The molecule has 0 unspecified atom stereocenters. The van der Waals surface area contributed by atoms with E-state index in [-0.39, 0.29) is 0 Å². The van der Waals surface area contributed by atoms with E-state index in [9.17, 15) is 0 Å². The first-order valence-corrected chi connectivity index (χ1v) is 4.99. The zero-order valence-corrected chi connectivity index (χ0v) is 9.01. The highest BCUT2D eigenvalue weighted by molar-refractivity contribution is 5.62. The number of hydrogen-bond donors (Lipinski definition) is 0. The third kappa shape index (κ3) is 2.15. The second kappa shape index (κ2) is 4.13. The van der Waals surface area contributed by atoms with Gasteiger partial charge in [-0.25, -0.2) is 4.98 Å². The van der Waals surface area contributed by atoms with Crippen LogP contribution in [0.3, 0.4) is 0 Å². The van der Waals surface area contributed by atoms with Gasteiger partial charge in [0, 0.05) is 12.4 Å². The number of nitrogens with zero attached hydrogens (tertiary/aromatic N) is 2. The van der Waals surface area contributed by atoms with Gasteiger partial charge in [-0.2, -0.15) is 0 Å². The van der Waals surface area contributed by atoms with Crippen LogP contribution in [-0.2, 0) is 0 Å². The van der Waals surface area contributed by atoms with E-state index in [1.165, 1.54) is 11.1 Å². The van der Waals surface area contributed by atoms with Crippen molar-refractivity contribution in [3.8, 4) is 5.69 Å². The number of imidazole rings is 1. The summed E-state index contributed by atoms with van der Waals surface area (Å²) in [4.78, 5) is 4.06. The molecule has 0 aliphatic rings. The maximum Gasteiger partial charge on any atom is 0.0991 e. The highest BCUT2D eigenvalue weighted by Gasteiger charge is 1.99. The summed E-state index contributed by atoms with van der Waals surface area (Å²) in [5.41, 5.74) is 3.68. The van der Waals surface area contributed by atoms with Crippen molar-refractivity contribution in [3.05, 3.63) is 54.1 Å². The van der Waals surface area contributed by atoms with Gasteiger partial charge in [-0.15, -0.1) is 0 Å². The van der Waals surface area contributed by atoms with Crippen molar-refractivity contribution < 1.29 is 0 Å². The summed E-state index contributed by atoms with van der Waals surface area (Å²) >= 11 is 0. The quantitative estimate of drug-likeness (QED) is 0.724. The Bertz CT molecular complexity index is 463. The van der Waals surface area contributed by atoms with E-state index < -0.39 is 0 Å². The number of hydrogen-bond acceptors (Lipinski definition) is 1. The van der Waals surface area contributed by atoms with Crippen molar-refractivity contribution in [2.45, 2.75) is 13.8 Å². The predicted molar refractivity (Wildman–Crippen MR) is 62.9 cm³/mol. The minimum Gasteiger partial charge on any atom is -0.306 e. The second-order valence-corrected chi connectivity index (χ2v) is 3.75. The maximum absolute atomic E-state index is 4.06. The zero-order chi connectivity index (χ0) is 10.7. The lowest BCUT2D eigenvalue weighted by atomic mass is 10.1. The monoisotopic (exact) mass is 198 g/mol. The van der Waals surface area contributed by atoms with Crippen LogP contribution in [0, 0.1) is 0 Å². The summed E-state index contributed by atoms with van der Waals surface area (Å²) in [7, 11) is 0. The number of aromatic nitrogens is 2. The molecule has 15 heavy (non-hydrogen) atoms. The fourth-order valence-corrected chi connectivity index (χ4v) is 1.56. The Labute approximate surface area is 89.9 Å². The van der Waals surface area contributed by atoms with Gasteiger partial charge >= 0.3 is 0 Å². The lowest BCUT2D eigenvalue weighted by Crippen LogP contribution is -1.93. The molecule has 0 amide bonds. The molecule has 2 aromatic rings. The van der Waals surface area contributed by atoms with Crippen LogP contribution in [-0.4, -0.2) is 9.55 Å². The third-order valence-electron chi connectivity index (χ3n) is 2.16. The van der Waals surface area contributed by atoms with Crippen LogP contribution in [0.4, 0.5) is 0 Å². The molecular formula is C13H14N2. The highest BCUT2D eigenvalue weighted by atomic mass is 15.0. The minimum atomic E-state index is 1.16. The Hall–Kier alpha value is -1.83. The van der Waals surface area contributed by atoms with Crippen LogP contribution in [0.5, 0.6) is 0 Å². The van der Waals surface area contributed by atoms with Gasteiger partial charge < -0.3 is 4.57 Å². The van der Waals surface area contributed by atoms with E-state index in [1.54, 1.807) is 6.20 Å². The first-order valence-electron chi connectivity index (χ1n) is 4.99. The van der Waals surface area contributed by atoms with Crippen LogP contribution in [0.15, 0.2) is 48.6 Å². The lowest BCUT2D eigenvalue weighted by molar-refractivity contribution is 1.05. The molecule has 0 fully saturated rings. The predicted octanol–water partition coefficient (Wildman–Crippen LogP) is 3.30. The van der Waals surface area contributed by atoms with E-state index in [2.05, 4.69) is 43.1 Å². The molecule has 1 heterocycles. The van der Waals surface area contributed by atoms with Crippen molar-refractivity contribution in [1.29, 1.82) is 0 Å². The van der Waals surface area contributed by atoms with E-state index in [0.717, 1.165) is 5.69 Å². The molecule has 1 aromatic heterocycles. The molecule has 0 radical (unpaired) electrons. The van der Waals surface area contributed by atoms with E-state index in [0.29, 0.717) is 0 Å². The number of para-hydroxylation sites is 1. The topological polar surface area (TPSA) is 17.8 Å². The van der Waals surface area contributed by atoms with E-state index >= 15 is 0 Å². The van der Waals surface area contributed by atoms with Gasteiger partial charge in [0.25, 0.3) is 0 Å². The Morgan fingerprint density at radius 1 is 1.27 bits per heavy atom. The summed E-state index contributed by atoms with van der Waals surface area (Å²) < 4.78 is 2.02. The highest BCUT2D eigenvalue weighted by Crippen LogP contribution is 2.16. The normalized spacial score (nSPS) is 10.0. The summed E-state index contributed by atoms with van der Waals surface area (Å²) in [6.45, 7) is 4.20. The Balaban J connectivity index is 2.52. The molecule has 0 aliphatic carbocycles. The summed E-state index contributed by atoms with van der Waals surface area (Å²) in [5.74, 6) is 0. The summed E-state index contributed by atoms with van der Waals surface area (Å²) in [5, 5.41) is 0. The molecule has 0 saturated heterocycles. The van der Waals surface area contributed by atoms with Crippen molar-refractivity contribution in [1.82, 2.24) is 9.55 Å². The molecule has 0 atom stereocenters. The van der Waals surface area contributed by atoms with Crippen LogP contribution in [0.1, 0.15) is 19.4 Å². The largest absolute Gasteiger partial charge is 0.306 e. The van der Waals surface area contributed by atoms with Crippen molar-refractivity contribution in [2.75, 3.05) is 0 Å². The van der Waals surface area contributed by atoms with Crippen LogP contribution in [0.2, 0.25) is 0 Å². The Morgan fingerprint density at radius 3 is 2.73 bits per heavy atom. The minimum absolute atomic E-state index is 1.16. The van der Waals surface area contributed by atoms with Gasteiger partial charge in [-0.1, -0.05) is 29.8 Å². The fourth-order valence-electron chi connectivity index (χ4n) is 1.56. The average molecular weight is 198 g/mol. The smallest absolute Gasteiger partial charge is 0.0991 e. The molecule has 0 aliphatic heterocycles. The number of rotatable bonds is 2. The molecule has 0 saturated carbocycles. The van der Waals surface area contributed by atoms with Crippen LogP contribution >= 0.6 is 0 Å². The SMILES string of the molecule is CC(C)=Cc1ccccc1-n1ccnc1. The molecule has 2 heteroatoms. The summed E-state index contributed by atoms with van der Waals surface area (Å²) in [6, 6.07) is 8.30. The molecule has 2 rings (SSSR count). The first-order chi connectivity index (χ1) is 7.27. The first kappa shape index (κ1) is 9.71. The van der Waals surface area contributed by atoms with Gasteiger partial charge in [-0.05, 0) is 25.5 Å². The van der Waals surface area contributed by atoms with Gasteiger partial charge in [0.15, 0.2) is 0 Å². The molecule has 76 valence electrons. The van der Waals surface area contributed by atoms with Gasteiger partial charge in [-0.3, -0.25) is 0 Å². The number of allylic oxidation sites excluding steroid dienone is 1. The molecule has 2 nitrogen and oxygen atoms in total. The summed E-state index contributed by atoms with van der Waals surface area (Å²) in [6.07, 6.45) is 7.74. The number of benzene rings is 1. The van der Waals surface area contributed by atoms with Crippen LogP contribution < -0.4 is 0 Å². The molecular weight excluding hydrogens is 184 g/mol. The van der Waals surface area contributed by atoms with Crippen LogP contribution in [0.25, 0.3) is 11.8 Å². The Kier molecular flexibility index (Phi) is 2.68. The average Bonchev–Trinajstić information content (AvgIpc) is 2.70. The molecule has 1 aromatic carbocycles. The molecule has 0 spiro atoms. The molecule has 0 N–H and O–H groups in total. The Morgan fingerprint density at radius 2 is 2.07 bits per heavy atom. The maximum atomic E-state index is 4.06. The molecule has 0 bridgehead atoms. The zero-order valence-electron chi connectivity index (χ0n) is 9.01. The van der Waals surface area contributed by atoms with Crippen molar-refractivity contribution in [3.63, 3.8) is 0 Å².